The van der Waals surface area contributed by atoms with Crippen LogP contribution < -0.4 is 5.73 Å². The van der Waals surface area contributed by atoms with Gasteiger partial charge < -0.3 is 10.6 Å². The quantitative estimate of drug-likeness (QED) is 0.926. The summed E-state index contributed by atoms with van der Waals surface area (Å²) in [4.78, 5) is 13.6. The molecule has 0 radical (unpaired) electrons. The number of nitrogens with two attached hydrogens (primary N) is 1. The lowest BCUT2D eigenvalue weighted by Gasteiger charge is -2.28. The highest BCUT2D eigenvalue weighted by Gasteiger charge is 2.31. The van der Waals surface area contributed by atoms with Crippen LogP contribution in [0.1, 0.15) is 25.0 Å². The van der Waals surface area contributed by atoms with E-state index in [4.69, 9.17) is 5.73 Å². The van der Waals surface area contributed by atoms with Crippen molar-refractivity contribution in [3.05, 3.63) is 35.4 Å². The van der Waals surface area contributed by atoms with Crippen molar-refractivity contribution < 1.29 is 18.0 Å². The van der Waals surface area contributed by atoms with Gasteiger partial charge in [-0.05, 0) is 31.5 Å². The molecule has 0 aliphatic carbocycles. The standard InChI is InChI=1S/C14H19F3N2O/c1-13(2,9-18)12(20)19(3)8-10-4-6-11(7-5-10)14(15,16)17/h4-7H,8-9,18H2,1-3H3. The predicted octanol–water partition coefficient (Wildman–Crippen LogP) is 2.65. The smallest absolute Gasteiger partial charge is 0.341 e. The summed E-state index contributed by atoms with van der Waals surface area (Å²) in [6.07, 6.45) is -4.35. The topological polar surface area (TPSA) is 46.3 Å². The van der Waals surface area contributed by atoms with Gasteiger partial charge in [0.05, 0.1) is 11.0 Å². The van der Waals surface area contributed by atoms with Gasteiger partial charge in [-0.25, -0.2) is 0 Å². The van der Waals surface area contributed by atoms with Crippen LogP contribution in [-0.2, 0) is 17.5 Å². The minimum absolute atomic E-state index is 0.139. The first-order valence-corrected chi connectivity index (χ1v) is 6.19. The second-order valence-corrected chi connectivity index (χ2v) is 5.44. The van der Waals surface area contributed by atoms with E-state index in [9.17, 15) is 18.0 Å². The number of halogens is 3. The average Bonchev–Trinajstić information content (AvgIpc) is 2.37. The summed E-state index contributed by atoms with van der Waals surface area (Å²) >= 11 is 0. The molecule has 1 aromatic rings. The molecule has 112 valence electrons. The third kappa shape index (κ3) is 3.96. The van der Waals surface area contributed by atoms with Crippen LogP contribution in [0.15, 0.2) is 24.3 Å². The second kappa shape index (κ2) is 5.83. The fraction of sp³-hybridized carbons (Fsp3) is 0.500. The van der Waals surface area contributed by atoms with Crippen molar-refractivity contribution in [1.82, 2.24) is 4.90 Å². The molecule has 0 unspecified atom stereocenters. The van der Waals surface area contributed by atoms with Gasteiger partial charge >= 0.3 is 6.18 Å². The van der Waals surface area contributed by atoms with E-state index in [1.165, 1.54) is 17.0 Å². The molecule has 0 fully saturated rings. The van der Waals surface area contributed by atoms with Gasteiger partial charge in [0.15, 0.2) is 0 Å². The van der Waals surface area contributed by atoms with Crippen molar-refractivity contribution in [2.24, 2.45) is 11.1 Å². The molecule has 1 rings (SSSR count). The van der Waals surface area contributed by atoms with Crippen molar-refractivity contribution in [2.45, 2.75) is 26.6 Å². The minimum atomic E-state index is -4.35. The molecule has 2 N–H and O–H groups in total. The summed E-state index contributed by atoms with van der Waals surface area (Å²) < 4.78 is 37.3. The van der Waals surface area contributed by atoms with E-state index in [2.05, 4.69) is 0 Å². The predicted molar refractivity (Wildman–Crippen MR) is 70.8 cm³/mol. The number of benzene rings is 1. The summed E-state index contributed by atoms with van der Waals surface area (Å²) in [7, 11) is 1.61. The highest BCUT2D eigenvalue weighted by atomic mass is 19.4. The SMILES string of the molecule is CN(Cc1ccc(C(F)(F)F)cc1)C(=O)C(C)(C)CN. The molecule has 0 aromatic heterocycles. The first kappa shape index (κ1) is 16.5. The van der Waals surface area contributed by atoms with Gasteiger partial charge in [-0.2, -0.15) is 13.2 Å². The largest absolute Gasteiger partial charge is 0.416 e. The molecular weight excluding hydrogens is 269 g/mol. The molecule has 6 heteroatoms. The van der Waals surface area contributed by atoms with Crippen LogP contribution >= 0.6 is 0 Å². The number of alkyl halides is 3. The Balaban J connectivity index is 2.77. The summed E-state index contributed by atoms with van der Waals surface area (Å²) in [5.74, 6) is -0.139. The number of hydrogen-bond donors (Lipinski definition) is 1. The Labute approximate surface area is 116 Å². The van der Waals surface area contributed by atoms with Crippen molar-refractivity contribution in [1.29, 1.82) is 0 Å². The molecule has 0 aliphatic heterocycles. The van der Waals surface area contributed by atoms with Crippen LogP contribution in [0, 0.1) is 5.41 Å². The van der Waals surface area contributed by atoms with E-state index in [1.807, 2.05) is 0 Å². The number of hydrogen-bond acceptors (Lipinski definition) is 2. The minimum Gasteiger partial charge on any atom is -0.341 e. The Morgan fingerprint density at radius 2 is 1.70 bits per heavy atom. The van der Waals surface area contributed by atoms with Crippen LogP contribution in [-0.4, -0.2) is 24.4 Å². The maximum Gasteiger partial charge on any atom is 0.416 e. The molecule has 0 saturated carbocycles. The van der Waals surface area contributed by atoms with Gasteiger partial charge in [0.1, 0.15) is 0 Å². The van der Waals surface area contributed by atoms with E-state index < -0.39 is 17.2 Å². The van der Waals surface area contributed by atoms with E-state index in [0.717, 1.165) is 12.1 Å². The van der Waals surface area contributed by atoms with Gasteiger partial charge in [-0.1, -0.05) is 12.1 Å². The molecule has 3 nitrogen and oxygen atoms in total. The molecule has 0 spiro atoms. The first-order chi connectivity index (χ1) is 9.08. The zero-order chi connectivity index (χ0) is 15.6. The zero-order valence-electron chi connectivity index (χ0n) is 11.8. The number of carbonyl (C=O) groups is 1. The number of carbonyl (C=O) groups excluding carboxylic acids is 1. The van der Waals surface area contributed by atoms with Crippen LogP contribution in [0.3, 0.4) is 0 Å². The van der Waals surface area contributed by atoms with Crippen molar-refractivity contribution >= 4 is 5.91 Å². The summed E-state index contributed by atoms with van der Waals surface area (Å²) in [5.41, 5.74) is 4.80. The molecule has 0 heterocycles. The van der Waals surface area contributed by atoms with Gasteiger partial charge in [-0.15, -0.1) is 0 Å². The Morgan fingerprint density at radius 1 is 1.20 bits per heavy atom. The van der Waals surface area contributed by atoms with Gasteiger partial charge in [0.2, 0.25) is 5.91 Å². The Kier molecular flexibility index (Phi) is 4.81. The molecule has 0 aliphatic rings. The molecule has 1 amide bonds. The Hall–Kier alpha value is -1.56. The Morgan fingerprint density at radius 3 is 2.10 bits per heavy atom. The number of amides is 1. The summed E-state index contributed by atoms with van der Waals surface area (Å²) in [6, 6.07) is 4.79. The lowest BCUT2D eigenvalue weighted by Crippen LogP contribution is -2.42. The highest BCUT2D eigenvalue weighted by Crippen LogP contribution is 2.29. The van der Waals surface area contributed by atoms with Crippen molar-refractivity contribution in [3.8, 4) is 0 Å². The monoisotopic (exact) mass is 288 g/mol. The average molecular weight is 288 g/mol. The molecule has 0 bridgehead atoms. The van der Waals surface area contributed by atoms with E-state index >= 15 is 0 Å². The molecule has 20 heavy (non-hydrogen) atoms. The van der Waals surface area contributed by atoms with Gasteiger partial charge in [0, 0.05) is 20.1 Å². The molecule has 1 aromatic carbocycles. The van der Waals surface area contributed by atoms with Crippen LogP contribution in [0.25, 0.3) is 0 Å². The maximum atomic E-state index is 12.4. The van der Waals surface area contributed by atoms with Crippen LogP contribution in [0.5, 0.6) is 0 Å². The van der Waals surface area contributed by atoms with E-state index in [-0.39, 0.29) is 19.0 Å². The van der Waals surface area contributed by atoms with Crippen LogP contribution in [0.4, 0.5) is 13.2 Å². The third-order valence-electron chi connectivity index (χ3n) is 3.14. The Bertz CT molecular complexity index is 466. The van der Waals surface area contributed by atoms with Gasteiger partial charge in [-0.3, -0.25) is 4.79 Å². The molecular formula is C14H19F3N2O. The maximum absolute atomic E-state index is 12.4. The van der Waals surface area contributed by atoms with Gasteiger partial charge in [0.25, 0.3) is 0 Å². The van der Waals surface area contributed by atoms with Crippen LogP contribution in [0.2, 0.25) is 0 Å². The van der Waals surface area contributed by atoms with Crippen molar-refractivity contribution in [2.75, 3.05) is 13.6 Å². The zero-order valence-corrected chi connectivity index (χ0v) is 11.8. The third-order valence-corrected chi connectivity index (χ3v) is 3.14. The van der Waals surface area contributed by atoms with E-state index in [0.29, 0.717) is 5.56 Å². The number of rotatable bonds is 4. The summed E-state index contributed by atoms with van der Waals surface area (Å²) in [6.45, 7) is 3.93. The lowest BCUT2D eigenvalue weighted by atomic mass is 9.92. The summed E-state index contributed by atoms with van der Waals surface area (Å²) in [5, 5.41) is 0. The highest BCUT2D eigenvalue weighted by molar-refractivity contribution is 5.81. The fourth-order valence-corrected chi connectivity index (χ4v) is 1.75. The normalized spacial score (nSPS) is 12.3. The molecule has 0 saturated heterocycles. The first-order valence-electron chi connectivity index (χ1n) is 6.19. The van der Waals surface area contributed by atoms with Crippen molar-refractivity contribution in [3.63, 3.8) is 0 Å². The fourth-order valence-electron chi connectivity index (χ4n) is 1.75. The number of nitrogens with zero attached hydrogens (tertiary/aromatic N) is 1. The lowest BCUT2D eigenvalue weighted by molar-refractivity contribution is -0.139. The molecule has 0 atom stereocenters. The second-order valence-electron chi connectivity index (χ2n) is 5.44. The van der Waals surface area contributed by atoms with E-state index in [1.54, 1.807) is 20.9 Å².